The van der Waals surface area contributed by atoms with Crippen molar-refractivity contribution in [3.63, 3.8) is 0 Å². The van der Waals surface area contributed by atoms with Crippen molar-refractivity contribution < 1.29 is 4.79 Å². The van der Waals surface area contributed by atoms with Crippen LogP contribution in [0.4, 0.5) is 5.69 Å². The van der Waals surface area contributed by atoms with Gasteiger partial charge in [-0.15, -0.1) is 0 Å². The molecule has 1 aromatic rings. The topological polar surface area (TPSA) is 59.2 Å². The minimum absolute atomic E-state index is 0.156. The van der Waals surface area contributed by atoms with E-state index in [0.717, 1.165) is 31.4 Å². The maximum Gasteiger partial charge on any atom is 0.234 e. The van der Waals surface area contributed by atoms with Crippen LogP contribution in [0, 0.1) is 5.41 Å². The summed E-state index contributed by atoms with van der Waals surface area (Å²) in [6, 6.07) is 3.72. The predicted molar refractivity (Wildman–Crippen MR) is 76.8 cm³/mol. The molecule has 0 spiro atoms. The van der Waals surface area contributed by atoms with Crippen LogP contribution < -0.4 is 10.6 Å². The molecule has 1 aliphatic rings. The van der Waals surface area contributed by atoms with Gasteiger partial charge in [-0.2, -0.15) is 0 Å². The quantitative estimate of drug-likeness (QED) is 0.850. The molecule has 0 aliphatic heterocycles. The molecule has 4 nitrogen and oxygen atoms in total. The third-order valence-electron chi connectivity index (χ3n) is 4.26. The van der Waals surface area contributed by atoms with Gasteiger partial charge in [-0.25, -0.2) is 0 Å². The zero-order valence-electron chi connectivity index (χ0n) is 11.6. The Morgan fingerprint density at radius 1 is 1.26 bits per heavy atom. The zero-order valence-corrected chi connectivity index (χ0v) is 11.6. The highest BCUT2D eigenvalue weighted by Crippen LogP contribution is 2.36. The van der Waals surface area contributed by atoms with Crippen LogP contribution in [-0.4, -0.2) is 24.5 Å². The number of aromatic nitrogens is 1. The molecule has 4 heteroatoms. The summed E-state index contributed by atoms with van der Waals surface area (Å²) in [6.45, 7) is 0.446. The van der Waals surface area contributed by atoms with Crippen molar-refractivity contribution in [1.29, 1.82) is 0 Å². The highest BCUT2D eigenvalue weighted by Gasteiger charge is 2.39. The Morgan fingerprint density at radius 2 is 1.84 bits per heavy atom. The fraction of sp³-hybridized carbons (Fsp3) is 0.600. The minimum atomic E-state index is -0.367. The van der Waals surface area contributed by atoms with E-state index >= 15 is 0 Å². The smallest absolute Gasteiger partial charge is 0.234 e. The maximum absolute atomic E-state index is 12.8. The van der Waals surface area contributed by atoms with Crippen molar-refractivity contribution >= 4 is 11.6 Å². The standard InChI is InChI=1S/C15H23N3O/c1-18(13-6-10-17-11-7-13)14(19)15(12-16)8-4-2-3-5-9-15/h6-7,10-11H,2-5,8-9,12,16H2,1H3. The summed E-state index contributed by atoms with van der Waals surface area (Å²) in [5.41, 5.74) is 6.48. The lowest BCUT2D eigenvalue weighted by Gasteiger charge is -2.34. The van der Waals surface area contributed by atoms with Crippen LogP contribution in [0.5, 0.6) is 0 Å². The van der Waals surface area contributed by atoms with E-state index in [1.54, 1.807) is 17.3 Å². The van der Waals surface area contributed by atoms with Crippen LogP contribution in [0.25, 0.3) is 0 Å². The molecule has 1 amide bonds. The van der Waals surface area contributed by atoms with E-state index in [2.05, 4.69) is 4.98 Å². The van der Waals surface area contributed by atoms with Crippen LogP contribution >= 0.6 is 0 Å². The Balaban J connectivity index is 2.20. The molecule has 1 fully saturated rings. The van der Waals surface area contributed by atoms with E-state index < -0.39 is 0 Å². The Morgan fingerprint density at radius 3 is 2.37 bits per heavy atom. The van der Waals surface area contributed by atoms with Crippen molar-refractivity contribution in [1.82, 2.24) is 4.98 Å². The Kier molecular flexibility index (Phi) is 4.53. The highest BCUT2D eigenvalue weighted by atomic mass is 16.2. The van der Waals surface area contributed by atoms with Crippen LogP contribution in [0.1, 0.15) is 38.5 Å². The predicted octanol–water partition coefficient (Wildman–Crippen LogP) is 2.34. The average Bonchev–Trinajstić information content (AvgIpc) is 2.73. The number of nitrogens with two attached hydrogens (primary N) is 1. The first-order valence-electron chi connectivity index (χ1n) is 7.08. The number of carbonyl (C=O) groups excluding carboxylic acids is 1. The molecule has 19 heavy (non-hydrogen) atoms. The van der Waals surface area contributed by atoms with Gasteiger partial charge in [0.15, 0.2) is 0 Å². The third-order valence-corrected chi connectivity index (χ3v) is 4.26. The van der Waals surface area contributed by atoms with Gasteiger partial charge in [-0.1, -0.05) is 25.7 Å². The molecule has 2 rings (SSSR count). The molecule has 1 saturated carbocycles. The average molecular weight is 261 g/mol. The van der Waals surface area contributed by atoms with E-state index in [9.17, 15) is 4.79 Å². The van der Waals surface area contributed by atoms with Crippen LogP contribution in [0.3, 0.4) is 0 Å². The normalized spacial score (nSPS) is 18.6. The molecule has 0 radical (unpaired) electrons. The van der Waals surface area contributed by atoms with Gasteiger partial charge in [0.1, 0.15) is 0 Å². The fourth-order valence-electron chi connectivity index (χ4n) is 2.95. The van der Waals surface area contributed by atoms with E-state index in [1.165, 1.54) is 12.8 Å². The van der Waals surface area contributed by atoms with Crippen molar-refractivity contribution in [3.8, 4) is 0 Å². The lowest BCUT2D eigenvalue weighted by Crippen LogP contribution is -2.46. The number of hydrogen-bond donors (Lipinski definition) is 1. The molecule has 1 heterocycles. The van der Waals surface area contributed by atoms with Crippen LogP contribution in [0.2, 0.25) is 0 Å². The molecule has 2 N–H and O–H groups in total. The Bertz CT molecular complexity index is 411. The highest BCUT2D eigenvalue weighted by molar-refractivity contribution is 5.97. The van der Waals surface area contributed by atoms with Crippen molar-refractivity contribution in [2.75, 3.05) is 18.5 Å². The number of amides is 1. The van der Waals surface area contributed by atoms with Gasteiger partial charge in [-0.05, 0) is 25.0 Å². The van der Waals surface area contributed by atoms with Gasteiger partial charge >= 0.3 is 0 Å². The second kappa shape index (κ2) is 6.15. The summed E-state index contributed by atoms with van der Waals surface area (Å²) >= 11 is 0. The van der Waals surface area contributed by atoms with Crippen LogP contribution in [0.15, 0.2) is 24.5 Å². The molecule has 0 saturated heterocycles. The molecule has 1 aromatic heterocycles. The van der Waals surface area contributed by atoms with Gasteiger partial charge in [0, 0.05) is 31.7 Å². The van der Waals surface area contributed by atoms with Gasteiger partial charge in [0.25, 0.3) is 0 Å². The number of carbonyl (C=O) groups is 1. The van der Waals surface area contributed by atoms with Crippen molar-refractivity contribution in [2.45, 2.75) is 38.5 Å². The molecular weight excluding hydrogens is 238 g/mol. The summed E-state index contributed by atoms with van der Waals surface area (Å²) < 4.78 is 0. The molecule has 0 aromatic carbocycles. The van der Waals surface area contributed by atoms with E-state index in [4.69, 9.17) is 5.73 Å². The first-order chi connectivity index (χ1) is 9.19. The first-order valence-corrected chi connectivity index (χ1v) is 7.08. The molecule has 0 bridgehead atoms. The van der Waals surface area contributed by atoms with Gasteiger partial charge < -0.3 is 10.6 Å². The minimum Gasteiger partial charge on any atom is -0.329 e. The zero-order chi connectivity index (χ0) is 13.7. The monoisotopic (exact) mass is 261 g/mol. The SMILES string of the molecule is CN(C(=O)C1(CN)CCCCCC1)c1ccncc1. The third kappa shape index (κ3) is 2.95. The Labute approximate surface area is 115 Å². The second-order valence-corrected chi connectivity index (χ2v) is 5.47. The number of nitrogens with zero attached hydrogens (tertiary/aromatic N) is 2. The fourth-order valence-corrected chi connectivity index (χ4v) is 2.95. The van der Waals surface area contributed by atoms with E-state index in [-0.39, 0.29) is 11.3 Å². The summed E-state index contributed by atoms with van der Waals surface area (Å²) in [5, 5.41) is 0. The lowest BCUT2D eigenvalue weighted by molar-refractivity contribution is -0.128. The Hall–Kier alpha value is -1.42. The number of pyridine rings is 1. The number of rotatable bonds is 3. The summed E-state index contributed by atoms with van der Waals surface area (Å²) in [4.78, 5) is 18.6. The first kappa shape index (κ1) is 14.0. The molecule has 0 atom stereocenters. The number of anilines is 1. The van der Waals surface area contributed by atoms with Crippen molar-refractivity contribution in [3.05, 3.63) is 24.5 Å². The van der Waals surface area contributed by atoms with Crippen LogP contribution in [-0.2, 0) is 4.79 Å². The van der Waals surface area contributed by atoms with E-state index in [0.29, 0.717) is 6.54 Å². The summed E-state index contributed by atoms with van der Waals surface area (Å²) in [6.07, 6.45) is 9.89. The molecule has 0 unspecified atom stereocenters. The van der Waals surface area contributed by atoms with Gasteiger partial charge in [-0.3, -0.25) is 9.78 Å². The summed E-state index contributed by atoms with van der Waals surface area (Å²) in [5.74, 6) is 0.156. The second-order valence-electron chi connectivity index (χ2n) is 5.47. The molecular formula is C15H23N3O. The van der Waals surface area contributed by atoms with E-state index in [1.807, 2.05) is 19.2 Å². The largest absolute Gasteiger partial charge is 0.329 e. The molecule has 1 aliphatic carbocycles. The molecule has 104 valence electrons. The number of hydrogen-bond acceptors (Lipinski definition) is 3. The van der Waals surface area contributed by atoms with Gasteiger partial charge in [0.2, 0.25) is 5.91 Å². The maximum atomic E-state index is 12.8. The lowest BCUT2D eigenvalue weighted by atomic mass is 9.79. The van der Waals surface area contributed by atoms with Gasteiger partial charge in [0.05, 0.1) is 5.41 Å². The summed E-state index contributed by atoms with van der Waals surface area (Å²) in [7, 11) is 1.83. The van der Waals surface area contributed by atoms with Crippen molar-refractivity contribution in [2.24, 2.45) is 11.1 Å².